The fourth-order valence-electron chi connectivity index (χ4n) is 4.93. The van der Waals surface area contributed by atoms with Crippen molar-refractivity contribution in [1.29, 1.82) is 0 Å². The third kappa shape index (κ3) is 5.60. The monoisotopic (exact) mass is 554 g/mol. The molecule has 198 valence electrons. The topological polar surface area (TPSA) is 51.5 Å². The van der Waals surface area contributed by atoms with Crippen molar-refractivity contribution in [2.24, 2.45) is 13.0 Å². The molecule has 5 nitrogen and oxygen atoms in total. The number of hydrogen-bond donors (Lipinski definition) is 0. The van der Waals surface area contributed by atoms with E-state index in [4.69, 9.17) is 27.9 Å². The van der Waals surface area contributed by atoms with Gasteiger partial charge in [0, 0.05) is 54.6 Å². The van der Waals surface area contributed by atoms with E-state index in [1.807, 2.05) is 6.07 Å². The van der Waals surface area contributed by atoms with Crippen molar-refractivity contribution < 1.29 is 27.5 Å². The second-order valence-corrected chi connectivity index (χ2v) is 10.3. The minimum atomic E-state index is -4.45. The number of amides is 1. The van der Waals surface area contributed by atoms with Crippen LogP contribution in [0, 0.1) is 12.8 Å². The smallest absolute Gasteiger partial charge is 0.416 e. The first kappa shape index (κ1) is 27.3. The number of aromatic nitrogens is 1. The van der Waals surface area contributed by atoms with Crippen molar-refractivity contribution in [3.8, 4) is 0 Å². The lowest BCUT2D eigenvalue weighted by Crippen LogP contribution is -2.39. The standard InChI is InChI=1S/C27H27Cl2F3N2O3/c1-15-10-17(27(30,31)32)12-23-20(15)13-18(33(23)2)14-21-22(28)5-4-19(25(21)29)26(36)34-8-6-16(7-9-34)11-24(35)37-3/h4-5,10,12-13,16H,6-9,11,14H2,1-3H3. The van der Waals surface area contributed by atoms with Crippen molar-refractivity contribution >= 4 is 46.0 Å². The first-order chi connectivity index (χ1) is 17.4. The zero-order valence-electron chi connectivity index (χ0n) is 20.7. The summed E-state index contributed by atoms with van der Waals surface area (Å²) in [5.41, 5.74) is 1.84. The van der Waals surface area contributed by atoms with E-state index in [0.29, 0.717) is 65.0 Å². The van der Waals surface area contributed by atoms with Crippen molar-refractivity contribution in [3.05, 3.63) is 68.3 Å². The molecular weight excluding hydrogens is 528 g/mol. The van der Waals surface area contributed by atoms with Crippen molar-refractivity contribution in [3.63, 3.8) is 0 Å². The number of hydrogen-bond acceptors (Lipinski definition) is 3. The third-order valence-electron chi connectivity index (χ3n) is 7.15. The molecule has 1 amide bonds. The van der Waals surface area contributed by atoms with Crippen LogP contribution in [0.5, 0.6) is 0 Å². The van der Waals surface area contributed by atoms with Gasteiger partial charge >= 0.3 is 12.1 Å². The Hall–Kier alpha value is -2.71. The third-order valence-corrected chi connectivity index (χ3v) is 7.94. The molecule has 0 radical (unpaired) electrons. The van der Waals surface area contributed by atoms with Gasteiger partial charge in [-0.3, -0.25) is 9.59 Å². The maximum atomic E-state index is 13.4. The van der Waals surface area contributed by atoms with Gasteiger partial charge in [0.1, 0.15) is 0 Å². The Balaban J connectivity index is 1.59. The van der Waals surface area contributed by atoms with Crippen molar-refractivity contribution in [1.82, 2.24) is 9.47 Å². The Morgan fingerprint density at radius 2 is 1.78 bits per heavy atom. The predicted octanol–water partition coefficient (Wildman–Crippen LogP) is 6.82. The van der Waals surface area contributed by atoms with Gasteiger partial charge in [-0.1, -0.05) is 23.2 Å². The van der Waals surface area contributed by atoms with Gasteiger partial charge in [0.15, 0.2) is 0 Å². The number of ether oxygens (including phenoxy) is 1. The van der Waals surface area contributed by atoms with E-state index in [9.17, 15) is 22.8 Å². The van der Waals surface area contributed by atoms with Gasteiger partial charge in [-0.2, -0.15) is 13.2 Å². The quantitative estimate of drug-likeness (QED) is 0.325. The van der Waals surface area contributed by atoms with Gasteiger partial charge in [0.25, 0.3) is 5.91 Å². The minimum absolute atomic E-state index is 0.167. The van der Waals surface area contributed by atoms with Crippen LogP contribution < -0.4 is 0 Å². The number of alkyl halides is 3. The summed E-state index contributed by atoms with van der Waals surface area (Å²) in [5, 5.41) is 1.31. The van der Waals surface area contributed by atoms with Gasteiger partial charge in [-0.25, -0.2) is 0 Å². The lowest BCUT2D eigenvalue weighted by molar-refractivity contribution is -0.142. The fourth-order valence-corrected chi connectivity index (χ4v) is 5.52. The van der Waals surface area contributed by atoms with E-state index < -0.39 is 11.7 Å². The number of likely N-dealkylation sites (tertiary alicyclic amines) is 1. The highest BCUT2D eigenvalue weighted by Crippen LogP contribution is 2.36. The summed E-state index contributed by atoms with van der Waals surface area (Å²) in [5.74, 6) is -0.309. The molecule has 0 aliphatic carbocycles. The van der Waals surface area contributed by atoms with Crippen LogP contribution in [0.4, 0.5) is 13.2 Å². The summed E-state index contributed by atoms with van der Waals surface area (Å²) >= 11 is 13.2. The normalized spacial score (nSPS) is 14.9. The van der Waals surface area contributed by atoms with Crippen LogP contribution in [-0.4, -0.2) is 41.5 Å². The molecule has 1 saturated heterocycles. The molecule has 2 heterocycles. The van der Waals surface area contributed by atoms with Crippen molar-refractivity contribution in [2.75, 3.05) is 20.2 Å². The number of carbonyl (C=O) groups excluding carboxylic acids is 2. The largest absolute Gasteiger partial charge is 0.469 e. The molecule has 0 bridgehead atoms. The average Bonchev–Trinajstić information content (AvgIpc) is 3.17. The summed E-state index contributed by atoms with van der Waals surface area (Å²) in [6, 6.07) is 7.32. The lowest BCUT2D eigenvalue weighted by atomic mass is 9.93. The summed E-state index contributed by atoms with van der Waals surface area (Å²) in [6.07, 6.45) is -2.49. The number of piperidine rings is 1. The molecule has 0 saturated carbocycles. The second-order valence-electron chi connectivity index (χ2n) is 9.50. The Kier molecular flexibility index (Phi) is 7.81. The minimum Gasteiger partial charge on any atom is -0.469 e. The molecule has 1 aromatic heterocycles. The number of carbonyl (C=O) groups is 2. The lowest BCUT2D eigenvalue weighted by Gasteiger charge is -2.32. The first-order valence-corrected chi connectivity index (χ1v) is 12.7. The fraction of sp³-hybridized carbons (Fsp3) is 0.407. The highest BCUT2D eigenvalue weighted by molar-refractivity contribution is 6.38. The Morgan fingerprint density at radius 3 is 2.41 bits per heavy atom. The number of nitrogens with zero attached hydrogens (tertiary/aromatic N) is 2. The van der Waals surface area contributed by atoms with Gasteiger partial charge in [0.05, 0.1) is 23.3 Å². The Morgan fingerprint density at radius 1 is 1.11 bits per heavy atom. The Labute approximate surface area is 223 Å². The summed E-state index contributed by atoms with van der Waals surface area (Å²) in [6.45, 7) is 2.65. The number of rotatable bonds is 5. The molecule has 10 heteroatoms. The zero-order chi connectivity index (χ0) is 27.1. The number of halogens is 5. The van der Waals surface area contributed by atoms with Gasteiger partial charge in [0.2, 0.25) is 0 Å². The summed E-state index contributed by atoms with van der Waals surface area (Å²) in [7, 11) is 3.06. The van der Waals surface area contributed by atoms with E-state index in [-0.39, 0.29) is 29.2 Å². The molecule has 3 aromatic rings. The van der Waals surface area contributed by atoms with E-state index in [2.05, 4.69) is 0 Å². The number of benzene rings is 2. The number of esters is 1. The van der Waals surface area contributed by atoms with E-state index >= 15 is 0 Å². The predicted molar refractivity (Wildman–Crippen MR) is 137 cm³/mol. The molecular formula is C27H27Cl2F3N2O3. The second kappa shape index (κ2) is 10.6. The molecule has 1 aliphatic rings. The van der Waals surface area contributed by atoms with Crippen LogP contribution in [0.2, 0.25) is 10.0 Å². The van der Waals surface area contributed by atoms with E-state index in [0.717, 1.165) is 17.8 Å². The highest BCUT2D eigenvalue weighted by atomic mass is 35.5. The molecule has 37 heavy (non-hydrogen) atoms. The average molecular weight is 555 g/mol. The van der Waals surface area contributed by atoms with Crippen molar-refractivity contribution in [2.45, 2.75) is 38.8 Å². The molecule has 0 atom stereocenters. The summed E-state index contributed by atoms with van der Waals surface area (Å²) in [4.78, 5) is 26.6. The number of methoxy groups -OCH3 is 1. The molecule has 0 unspecified atom stereocenters. The van der Waals surface area contributed by atoms with Crippen LogP contribution in [0.1, 0.15) is 52.0 Å². The molecule has 0 spiro atoms. The van der Waals surface area contributed by atoms with Gasteiger partial charge in [-0.05, 0) is 67.1 Å². The van der Waals surface area contributed by atoms with Gasteiger partial charge in [-0.15, -0.1) is 0 Å². The van der Waals surface area contributed by atoms with E-state index in [1.54, 1.807) is 35.6 Å². The SMILES string of the molecule is COC(=O)CC1CCN(C(=O)c2ccc(Cl)c(Cc3cc4c(C)cc(C(F)(F)F)cc4n3C)c2Cl)CC1. The zero-order valence-corrected chi connectivity index (χ0v) is 22.2. The number of aryl methyl sites for hydroxylation is 2. The van der Waals surface area contributed by atoms with Crippen LogP contribution in [0.25, 0.3) is 10.9 Å². The highest BCUT2D eigenvalue weighted by Gasteiger charge is 2.32. The molecule has 1 aliphatic heterocycles. The number of fused-ring (bicyclic) bond motifs is 1. The van der Waals surface area contributed by atoms with E-state index in [1.165, 1.54) is 7.11 Å². The molecule has 0 N–H and O–H groups in total. The van der Waals surface area contributed by atoms with Crippen LogP contribution in [-0.2, 0) is 29.2 Å². The molecule has 2 aromatic carbocycles. The van der Waals surface area contributed by atoms with Crippen LogP contribution in [0.3, 0.4) is 0 Å². The van der Waals surface area contributed by atoms with Crippen LogP contribution >= 0.6 is 23.2 Å². The van der Waals surface area contributed by atoms with Gasteiger partial charge < -0.3 is 14.2 Å². The maximum absolute atomic E-state index is 13.4. The van der Waals surface area contributed by atoms with Crippen LogP contribution in [0.15, 0.2) is 30.3 Å². The summed E-state index contributed by atoms with van der Waals surface area (Å²) < 4.78 is 46.5. The molecule has 1 fully saturated rings. The molecule has 4 rings (SSSR count). The Bertz CT molecular complexity index is 1360. The first-order valence-electron chi connectivity index (χ1n) is 11.9. The maximum Gasteiger partial charge on any atom is 0.416 e.